The molecule has 4 nitrogen and oxygen atoms in total. The molecule has 4 N–H and O–H groups in total. The van der Waals surface area contributed by atoms with Crippen molar-refractivity contribution in [3.05, 3.63) is 27.2 Å². The molecule has 0 spiro atoms. The summed E-state index contributed by atoms with van der Waals surface area (Å²) in [4.78, 5) is 11.7. The van der Waals surface area contributed by atoms with E-state index >= 15 is 0 Å². The SMILES string of the molecule is CC(C)CCNc1c(Br)cc(Cl)cc1C(=O)NN. The highest BCUT2D eigenvalue weighted by molar-refractivity contribution is 9.10. The zero-order valence-electron chi connectivity index (χ0n) is 10.4. The van der Waals surface area contributed by atoms with Crippen LogP contribution < -0.4 is 16.6 Å². The van der Waals surface area contributed by atoms with E-state index in [1.54, 1.807) is 12.1 Å². The van der Waals surface area contributed by atoms with E-state index in [0.29, 0.717) is 22.2 Å². The summed E-state index contributed by atoms with van der Waals surface area (Å²) in [6.07, 6.45) is 1.01. The van der Waals surface area contributed by atoms with Crippen molar-refractivity contribution >= 4 is 39.1 Å². The molecule has 1 rings (SSSR count). The van der Waals surface area contributed by atoms with Crippen LogP contribution in [0.1, 0.15) is 30.6 Å². The maximum absolute atomic E-state index is 11.7. The summed E-state index contributed by atoms with van der Waals surface area (Å²) in [7, 11) is 0. The Balaban J connectivity index is 2.96. The molecule has 0 atom stereocenters. The lowest BCUT2D eigenvalue weighted by Gasteiger charge is -2.14. The maximum atomic E-state index is 11.7. The van der Waals surface area contributed by atoms with Gasteiger partial charge in [-0.3, -0.25) is 10.2 Å². The van der Waals surface area contributed by atoms with Crippen LogP contribution in [0.15, 0.2) is 16.6 Å². The molecule has 0 saturated carbocycles. The van der Waals surface area contributed by atoms with E-state index in [4.69, 9.17) is 17.4 Å². The summed E-state index contributed by atoms with van der Waals surface area (Å²) in [5.74, 6) is 5.39. The summed E-state index contributed by atoms with van der Waals surface area (Å²) in [5.41, 5.74) is 3.26. The first kappa shape index (κ1) is 15.3. The van der Waals surface area contributed by atoms with Gasteiger partial charge in [-0.15, -0.1) is 0 Å². The van der Waals surface area contributed by atoms with Gasteiger partial charge in [-0.05, 0) is 40.4 Å². The molecule has 6 heteroatoms. The predicted octanol–water partition coefficient (Wildman–Crippen LogP) is 3.16. The number of hydrogen-bond acceptors (Lipinski definition) is 3. The second-order valence-electron chi connectivity index (χ2n) is 4.39. The molecule has 1 aromatic carbocycles. The fourth-order valence-corrected chi connectivity index (χ4v) is 2.45. The number of nitrogens with two attached hydrogens (primary N) is 1. The summed E-state index contributed by atoms with van der Waals surface area (Å²) in [6.45, 7) is 5.07. The monoisotopic (exact) mass is 333 g/mol. The first-order valence-electron chi connectivity index (χ1n) is 5.69. The number of amides is 1. The highest BCUT2D eigenvalue weighted by Gasteiger charge is 2.14. The second-order valence-corrected chi connectivity index (χ2v) is 5.68. The van der Waals surface area contributed by atoms with Crippen LogP contribution in [0, 0.1) is 5.92 Å². The zero-order valence-corrected chi connectivity index (χ0v) is 12.7. The van der Waals surface area contributed by atoms with Gasteiger partial charge in [0.25, 0.3) is 5.91 Å². The predicted molar refractivity (Wildman–Crippen MR) is 78.8 cm³/mol. The molecule has 0 unspecified atom stereocenters. The van der Waals surface area contributed by atoms with E-state index in [0.717, 1.165) is 17.4 Å². The normalized spacial score (nSPS) is 10.6. The fourth-order valence-electron chi connectivity index (χ4n) is 1.50. The van der Waals surface area contributed by atoms with Gasteiger partial charge in [-0.25, -0.2) is 5.84 Å². The third-order valence-electron chi connectivity index (χ3n) is 2.45. The number of rotatable bonds is 5. The summed E-state index contributed by atoms with van der Waals surface area (Å²) in [6, 6.07) is 3.33. The second kappa shape index (κ2) is 6.97. The topological polar surface area (TPSA) is 67.2 Å². The number of anilines is 1. The molecule has 0 heterocycles. The largest absolute Gasteiger partial charge is 0.383 e. The number of carbonyl (C=O) groups is 1. The van der Waals surface area contributed by atoms with Crippen LogP contribution in [0.25, 0.3) is 0 Å². The lowest BCUT2D eigenvalue weighted by atomic mass is 10.1. The Hall–Kier alpha value is -0.780. The minimum absolute atomic E-state index is 0.370. The Bertz CT molecular complexity index is 438. The van der Waals surface area contributed by atoms with Crippen molar-refractivity contribution in [1.82, 2.24) is 5.43 Å². The van der Waals surface area contributed by atoms with E-state index in [9.17, 15) is 4.79 Å². The van der Waals surface area contributed by atoms with Crippen LogP contribution in [0.5, 0.6) is 0 Å². The molecule has 0 fully saturated rings. The third-order valence-corrected chi connectivity index (χ3v) is 3.30. The lowest BCUT2D eigenvalue weighted by molar-refractivity contribution is 0.0954. The molecule has 18 heavy (non-hydrogen) atoms. The standard InChI is InChI=1S/C12H17BrClN3O/c1-7(2)3-4-16-11-9(12(18)17-15)5-8(14)6-10(11)13/h5-7,16H,3-4,15H2,1-2H3,(H,17,18). The molecule has 1 aromatic rings. The van der Waals surface area contributed by atoms with Crippen LogP contribution in [0.4, 0.5) is 5.69 Å². The Morgan fingerprint density at radius 3 is 2.72 bits per heavy atom. The number of nitrogens with one attached hydrogen (secondary N) is 2. The molecular weight excluding hydrogens is 318 g/mol. The Morgan fingerprint density at radius 2 is 2.17 bits per heavy atom. The Kier molecular flexibility index (Phi) is 5.91. The molecule has 0 aliphatic heterocycles. The number of carbonyl (C=O) groups excluding carboxylic acids is 1. The quantitative estimate of drug-likeness (QED) is 0.440. The molecule has 0 bridgehead atoms. The number of hydrogen-bond donors (Lipinski definition) is 3. The van der Waals surface area contributed by atoms with E-state index < -0.39 is 0 Å². The van der Waals surface area contributed by atoms with Crippen molar-refractivity contribution < 1.29 is 4.79 Å². The van der Waals surface area contributed by atoms with E-state index in [2.05, 4.69) is 40.5 Å². The van der Waals surface area contributed by atoms with Crippen LogP contribution in [-0.4, -0.2) is 12.5 Å². The number of benzene rings is 1. The van der Waals surface area contributed by atoms with Crippen molar-refractivity contribution in [2.75, 3.05) is 11.9 Å². The van der Waals surface area contributed by atoms with Crippen LogP contribution in [0.3, 0.4) is 0 Å². The Morgan fingerprint density at radius 1 is 1.50 bits per heavy atom. The van der Waals surface area contributed by atoms with Crippen LogP contribution in [0.2, 0.25) is 5.02 Å². The van der Waals surface area contributed by atoms with Crippen molar-refractivity contribution in [2.24, 2.45) is 11.8 Å². The molecule has 0 saturated heterocycles. The zero-order chi connectivity index (χ0) is 13.7. The van der Waals surface area contributed by atoms with Crippen LogP contribution >= 0.6 is 27.5 Å². The van der Waals surface area contributed by atoms with Crippen molar-refractivity contribution in [2.45, 2.75) is 20.3 Å². The molecule has 0 aliphatic rings. The first-order chi connectivity index (χ1) is 8.45. The van der Waals surface area contributed by atoms with Gasteiger partial charge in [-0.1, -0.05) is 25.4 Å². The average Bonchev–Trinajstić information content (AvgIpc) is 2.30. The highest BCUT2D eigenvalue weighted by atomic mass is 79.9. The van der Waals surface area contributed by atoms with Gasteiger partial charge >= 0.3 is 0 Å². The summed E-state index contributed by atoms with van der Waals surface area (Å²) < 4.78 is 0.748. The summed E-state index contributed by atoms with van der Waals surface area (Å²) >= 11 is 9.32. The highest BCUT2D eigenvalue weighted by Crippen LogP contribution is 2.30. The lowest BCUT2D eigenvalue weighted by Crippen LogP contribution is -2.30. The van der Waals surface area contributed by atoms with E-state index in [1.807, 2.05) is 0 Å². The molecule has 1 amide bonds. The maximum Gasteiger partial charge on any atom is 0.267 e. The smallest absolute Gasteiger partial charge is 0.267 e. The minimum atomic E-state index is -0.370. The van der Waals surface area contributed by atoms with Crippen molar-refractivity contribution in [3.63, 3.8) is 0 Å². The van der Waals surface area contributed by atoms with Gasteiger partial charge in [0.1, 0.15) is 0 Å². The number of hydrazine groups is 1. The van der Waals surface area contributed by atoms with Gasteiger partial charge < -0.3 is 5.32 Å². The van der Waals surface area contributed by atoms with E-state index in [1.165, 1.54) is 0 Å². The fraction of sp³-hybridized carbons (Fsp3) is 0.417. The molecule has 0 aromatic heterocycles. The van der Waals surface area contributed by atoms with Crippen molar-refractivity contribution in [3.8, 4) is 0 Å². The van der Waals surface area contributed by atoms with Gasteiger partial charge in [0.05, 0.1) is 11.3 Å². The van der Waals surface area contributed by atoms with Gasteiger partial charge in [0, 0.05) is 16.0 Å². The molecular formula is C12H17BrClN3O. The third kappa shape index (κ3) is 4.15. The Labute approximate surface area is 120 Å². The molecule has 0 aliphatic carbocycles. The molecule has 100 valence electrons. The van der Waals surface area contributed by atoms with Gasteiger partial charge in [0.15, 0.2) is 0 Å². The van der Waals surface area contributed by atoms with E-state index in [-0.39, 0.29) is 5.91 Å². The average molecular weight is 335 g/mol. The van der Waals surface area contributed by atoms with Gasteiger partial charge in [-0.2, -0.15) is 0 Å². The van der Waals surface area contributed by atoms with Crippen LogP contribution in [-0.2, 0) is 0 Å². The molecule has 0 radical (unpaired) electrons. The number of nitrogen functional groups attached to an aromatic ring is 1. The first-order valence-corrected chi connectivity index (χ1v) is 6.86. The summed E-state index contributed by atoms with van der Waals surface area (Å²) in [5, 5.41) is 3.71. The minimum Gasteiger partial charge on any atom is -0.383 e. The van der Waals surface area contributed by atoms with Crippen molar-refractivity contribution in [1.29, 1.82) is 0 Å². The van der Waals surface area contributed by atoms with Gasteiger partial charge in [0.2, 0.25) is 0 Å². The number of halogens is 2.